The number of aliphatic hydroxyl groups is 1. The van der Waals surface area contributed by atoms with Crippen LogP contribution in [0.1, 0.15) is 20.4 Å². The molecule has 2 aromatic rings. The minimum absolute atomic E-state index is 0.150. The molecule has 0 spiro atoms. The van der Waals surface area contributed by atoms with E-state index in [1.807, 2.05) is 0 Å². The summed E-state index contributed by atoms with van der Waals surface area (Å²) in [5.74, 6) is 0.150. The van der Waals surface area contributed by atoms with E-state index in [0.29, 0.717) is 11.3 Å². The number of carbonyl (C=O) groups is 1. The summed E-state index contributed by atoms with van der Waals surface area (Å²) in [6.45, 7) is 0.492. The molecule has 124 valence electrons. The third-order valence-electron chi connectivity index (χ3n) is 3.13. The highest BCUT2D eigenvalue weighted by Crippen LogP contribution is 2.24. The van der Waals surface area contributed by atoms with Crippen molar-refractivity contribution in [1.82, 2.24) is 14.9 Å². The monoisotopic (exact) mass is 324 g/mol. The largest absolute Gasteiger partial charge is 0.394 e. The summed E-state index contributed by atoms with van der Waals surface area (Å²) < 4.78 is 26.4. The predicted octanol–water partition coefficient (Wildman–Crippen LogP) is 2.84. The van der Waals surface area contributed by atoms with E-state index in [-0.39, 0.29) is 12.4 Å². The van der Waals surface area contributed by atoms with Gasteiger partial charge in [0.25, 0.3) is 0 Å². The summed E-state index contributed by atoms with van der Waals surface area (Å²) in [6, 6.07) is 5.89. The molecule has 0 unspecified atom stereocenters. The molecule has 0 aliphatic rings. The number of amides is 2. The lowest BCUT2D eigenvalue weighted by Gasteiger charge is -2.23. The van der Waals surface area contributed by atoms with E-state index in [4.69, 9.17) is 5.11 Å². The zero-order chi connectivity index (χ0) is 17.0. The molecule has 1 heterocycles. The molecule has 2 rings (SSSR count). The Kier molecular flexibility index (Phi) is 4.95. The smallest absolute Gasteiger partial charge is 0.320 e. The quantitative estimate of drug-likeness (QED) is 0.791. The van der Waals surface area contributed by atoms with Gasteiger partial charge in [-0.3, -0.25) is 4.57 Å². The second-order valence-corrected chi connectivity index (χ2v) is 5.63. The number of halogens is 2. The average molecular weight is 324 g/mol. The van der Waals surface area contributed by atoms with Crippen LogP contribution < -0.4 is 10.6 Å². The van der Waals surface area contributed by atoms with Gasteiger partial charge in [-0.05, 0) is 38.1 Å². The molecule has 3 N–H and O–H groups in total. The van der Waals surface area contributed by atoms with Crippen LogP contribution in [0.25, 0.3) is 11.4 Å². The minimum Gasteiger partial charge on any atom is -0.394 e. The Hall–Kier alpha value is -2.48. The fourth-order valence-electron chi connectivity index (χ4n) is 1.91. The standard InChI is InChI=1S/C15H18F2N4O2/c1-15(2,9-22)20-14(23)19-11-5-3-10(4-6-11)12-18-7-8-21(12)13(16)17/h3-8,13,22H,9H2,1-2H3,(H2,19,20,23). The fourth-order valence-corrected chi connectivity index (χ4v) is 1.91. The lowest BCUT2D eigenvalue weighted by molar-refractivity contribution is 0.0720. The molecule has 0 bridgehead atoms. The van der Waals surface area contributed by atoms with Gasteiger partial charge in [-0.2, -0.15) is 8.78 Å². The summed E-state index contributed by atoms with van der Waals surface area (Å²) in [6.07, 6.45) is 2.51. The number of nitrogens with zero attached hydrogens (tertiary/aromatic N) is 2. The van der Waals surface area contributed by atoms with Crippen LogP contribution in [0.3, 0.4) is 0 Å². The molecule has 1 aromatic carbocycles. The van der Waals surface area contributed by atoms with Gasteiger partial charge in [0.15, 0.2) is 0 Å². The highest BCUT2D eigenvalue weighted by molar-refractivity contribution is 5.90. The van der Waals surface area contributed by atoms with E-state index >= 15 is 0 Å². The second kappa shape index (κ2) is 6.74. The summed E-state index contributed by atoms with van der Waals surface area (Å²) in [4.78, 5) is 15.7. The number of alkyl halides is 2. The van der Waals surface area contributed by atoms with Crippen molar-refractivity contribution in [3.8, 4) is 11.4 Å². The first-order valence-electron chi connectivity index (χ1n) is 6.94. The minimum atomic E-state index is -2.67. The number of aliphatic hydroxyl groups excluding tert-OH is 1. The zero-order valence-corrected chi connectivity index (χ0v) is 12.8. The molecule has 0 aliphatic heterocycles. The first-order valence-corrected chi connectivity index (χ1v) is 6.94. The van der Waals surface area contributed by atoms with Crippen LogP contribution in [0, 0.1) is 0 Å². The van der Waals surface area contributed by atoms with Gasteiger partial charge < -0.3 is 15.7 Å². The van der Waals surface area contributed by atoms with Crippen molar-refractivity contribution < 1.29 is 18.7 Å². The summed E-state index contributed by atoms with van der Waals surface area (Å²) in [5.41, 5.74) is 0.263. The first kappa shape index (κ1) is 16.9. The molecule has 0 saturated heterocycles. The topological polar surface area (TPSA) is 79.2 Å². The van der Waals surface area contributed by atoms with E-state index in [9.17, 15) is 13.6 Å². The molecule has 0 aliphatic carbocycles. The van der Waals surface area contributed by atoms with E-state index in [0.717, 1.165) is 4.57 Å². The van der Waals surface area contributed by atoms with Gasteiger partial charge >= 0.3 is 12.6 Å². The van der Waals surface area contributed by atoms with Gasteiger partial charge in [-0.25, -0.2) is 9.78 Å². The number of urea groups is 1. The molecule has 6 nitrogen and oxygen atoms in total. The van der Waals surface area contributed by atoms with Crippen molar-refractivity contribution in [3.05, 3.63) is 36.7 Å². The number of hydrogen-bond acceptors (Lipinski definition) is 3. The molecule has 2 amide bonds. The van der Waals surface area contributed by atoms with Crippen molar-refractivity contribution >= 4 is 11.7 Å². The van der Waals surface area contributed by atoms with Crippen molar-refractivity contribution in [1.29, 1.82) is 0 Å². The Labute approximate surface area is 132 Å². The Morgan fingerprint density at radius 3 is 2.57 bits per heavy atom. The molecule has 8 heteroatoms. The van der Waals surface area contributed by atoms with E-state index in [1.165, 1.54) is 12.4 Å². The highest BCUT2D eigenvalue weighted by Gasteiger charge is 2.19. The fraction of sp³-hybridized carbons (Fsp3) is 0.333. The van der Waals surface area contributed by atoms with Crippen LogP contribution in [0.2, 0.25) is 0 Å². The Morgan fingerprint density at radius 1 is 1.35 bits per heavy atom. The van der Waals surface area contributed by atoms with Gasteiger partial charge in [0.05, 0.1) is 12.1 Å². The lowest BCUT2D eigenvalue weighted by Crippen LogP contribution is -2.48. The zero-order valence-electron chi connectivity index (χ0n) is 12.8. The molecule has 0 fully saturated rings. The summed E-state index contributed by atoms with van der Waals surface area (Å²) >= 11 is 0. The molecule has 1 aromatic heterocycles. The van der Waals surface area contributed by atoms with Crippen LogP contribution in [-0.2, 0) is 0 Å². The van der Waals surface area contributed by atoms with Gasteiger partial charge in [-0.15, -0.1) is 0 Å². The van der Waals surface area contributed by atoms with Crippen LogP contribution in [0.15, 0.2) is 36.7 Å². The summed E-state index contributed by atoms with van der Waals surface area (Å²) in [5, 5.41) is 14.3. The number of imidazole rings is 1. The number of carbonyl (C=O) groups excluding carboxylic acids is 1. The third-order valence-corrected chi connectivity index (χ3v) is 3.13. The highest BCUT2D eigenvalue weighted by atomic mass is 19.3. The SMILES string of the molecule is CC(C)(CO)NC(=O)Nc1ccc(-c2nccn2C(F)F)cc1. The maximum absolute atomic E-state index is 12.8. The van der Waals surface area contributed by atoms with Crippen molar-refractivity contribution in [2.45, 2.75) is 25.9 Å². The average Bonchev–Trinajstić information content (AvgIpc) is 2.97. The van der Waals surface area contributed by atoms with Gasteiger partial charge in [-0.1, -0.05) is 0 Å². The predicted molar refractivity (Wildman–Crippen MR) is 82.2 cm³/mol. The Morgan fingerprint density at radius 2 is 2.00 bits per heavy atom. The molecule has 0 atom stereocenters. The molecular weight excluding hydrogens is 306 g/mol. The Bertz CT molecular complexity index is 668. The normalized spacial score (nSPS) is 11.6. The first-order chi connectivity index (χ1) is 10.8. The maximum atomic E-state index is 12.8. The number of anilines is 1. The Balaban J connectivity index is 2.08. The second-order valence-electron chi connectivity index (χ2n) is 5.63. The maximum Gasteiger partial charge on any atom is 0.320 e. The number of benzene rings is 1. The third kappa shape index (κ3) is 4.26. The van der Waals surface area contributed by atoms with Crippen LogP contribution >= 0.6 is 0 Å². The van der Waals surface area contributed by atoms with Crippen molar-refractivity contribution in [2.75, 3.05) is 11.9 Å². The van der Waals surface area contributed by atoms with E-state index in [2.05, 4.69) is 15.6 Å². The molecular formula is C15H18F2N4O2. The lowest BCUT2D eigenvalue weighted by atomic mass is 10.1. The molecule has 0 saturated carbocycles. The van der Waals surface area contributed by atoms with Crippen LogP contribution in [0.5, 0.6) is 0 Å². The van der Waals surface area contributed by atoms with Crippen LogP contribution in [-0.4, -0.2) is 32.8 Å². The molecule has 0 radical (unpaired) electrons. The number of aromatic nitrogens is 2. The van der Waals surface area contributed by atoms with Crippen molar-refractivity contribution in [2.24, 2.45) is 0 Å². The number of rotatable bonds is 5. The van der Waals surface area contributed by atoms with E-state index < -0.39 is 18.1 Å². The van der Waals surface area contributed by atoms with Gasteiger partial charge in [0.2, 0.25) is 0 Å². The van der Waals surface area contributed by atoms with E-state index in [1.54, 1.807) is 38.1 Å². The molecule has 23 heavy (non-hydrogen) atoms. The number of nitrogens with one attached hydrogen (secondary N) is 2. The van der Waals surface area contributed by atoms with Gasteiger partial charge in [0, 0.05) is 23.6 Å². The summed E-state index contributed by atoms with van der Waals surface area (Å²) in [7, 11) is 0. The van der Waals surface area contributed by atoms with Crippen molar-refractivity contribution in [3.63, 3.8) is 0 Å². The number of hydrogen-bond donors (Lipinski definition) is 3. The van der Waals surface area contributed by atoms with Gasteiger partial charge in [0.1, 0.15) is 5.82 Å². The van der Waals surface area contributed by atoms with Crippen LogP contribution in [0.4, 0.5) is 19.3 Å².